The maximum Gasteiger partial charge on any atom is 0.0718 e. The molecule has 1 atom stereocenters. The van der Waals surface area contributed by atoms with Crippen molar-refractivity contribution in [3.8, 4) is 0 Å². The topological polar surface area (TPSA) is 9.23 Å². The summed E-state index contributed by atoms with van der Waals surface area (Å²) in [6.07, 6.45) is 2.57. The third kappa shape index (κ3) is 1.84. The fourth-order valence-corrected chi connectivity index (χ4v) is 1.40. The van der Waals surface area contributed by atoms with E-state index < -0.39 is 0 Å². The first-order valence-electron chi connectivity index (χ1n) is 3.38. The normalized spacial score (nSPS) is 33.0. The Kier molecular flexibility index (Phi) is 2.02. The van der Waals surface area contributed by atoms with Crippen molar-refractivity contribution in [2.75, 3.05) is 5.88 Å². The van der Waals surface area contributed by atoms with Crippen molar-refractivity contribution in [3.63, 3.8) is 0 Å². The molecule has 0 spiro atoms. The van der Waals surface area contributed by atoms with Gasteiger partial charge in [0.2, 0.25) is 0 Å². The summed E-state index contributed by atoms with van der Waals surface area (Å²) in [7, 11) is 0. The lowest BCUT2D eigenvalue weighted by Gasteiger charge is -2.17. The first-order valence-corrected chi connectivity index (χ1v) is 3.91. The second-order valence-corrected chi connectivity index (χ2v) is 3.50. The van der Waals surface area contributed by atoms with Crippen LogP contribution in [0.1, 0.15) is 26.7 Å². The Bertz CT molecular complexity index is 101. The number of halogens is 1. The van der Waals surface area contributed by atoms with Crippen molar-refractivity contribution in [1.82, 2.24) is 0 Å². The van der Waals surface area contributed by atoms with Crippen LogP contribution in [0.25, 0.3) is 0 Å². The Morgan fingerprint density at radius 2 is 2.33 bits per heavy atom. The molecule has 0 aromatic heterocycles. The first-order chi connectivity index (χ1) is 4.14. The molecule has 54 valence electrons. The molecule has 1 fully saturated rings. The largest absolute Gasteiger partial charge is 0.371 e. The molecule has 2 heteroatoms. The fraction of sp³-hybridized carbons (Fsp3) is 1.00. The van der Waals surface area contributed by atoms with E-state index in [9.17, 15) is 0 Å². The van der Waals surface area contributed by atoms with Gasteiger partial charge in [-0.2, -0.15) is 0 Å². The Balaban J connectivity index is 2.38. The van der Waals surface area contributed by atoms with Gasteiger partial charge in [0.15, 0.2) is 0 Å². The summed E-state index contributed by atoms with van der Waals surface area (Å²) in [6.45, 7) is 4.22. The van der Waals surface area contributed by atoms with Crippen molar-refractivity contribution in [3.05, 3.63) is 0 Å². The molecule has 0 aromatic rings. The van der Waals surface area contributed by atoms with Crippen molar-refractivity contribution >= 4 is 11.6 Å². The molecule has 0 aromatic carbocycles. The van der Waals surface area contributed by atoms with E-state index in [0.29, 0.717) is 12.0 Å². The molecule has 0 unspecified atom stereocenters. The minimum atomic E-state index is 0.0829. The smallest absolute Gasteiger partial charge is 0.0718 e. The van der Waals surface area contributed by atoms with Crippen LogP contribution in [-0.4, -0.2) is 17.6 Å². The molecule has 1 aliphatic rings. The van der Waals surface area contributed by atoms with Crippen LogP contribution in [0.3, 0.4) is 0 Å². The lowest BCUT2D eigenvalue weighted by atomic mass is 10.1. The van der Waals surface area contributed by atoms with Crippen LogP contribution in [0, 0.1) is 0 Å². The molecule has 0 amide bonds. The van der Waals surface area contributed by atoms with Crippen molar-refractivity contribution in [2.24, 2.45) is 0 Å². The SMILES string of the molecule is CC1(C)CC[C@H](CCl)O1. The van der Waals surface area contributed by atoms with E-state index in [1.54, 1.807) is 0 Å². The van der Waals surface area contributed by atoms with Crippen molar-refractivity contribution in [2.45, 2.75) is 38.4 Å². The first kappa shape index (κ1) is 7.36. The van der Waals surface area contributed by atoms with E-state index in [1.165, 1.54) is 0 Å². The summed E-state index contributed by atoms with van der Waals surface area (Å²) >= 11 is 5.61. The summed E-state index contributed by atoms with van der Waals surface area (Å²) in [5, 5.41) is 0. The molecular formula is C7H13ClO. The van der Waals surface area contributed by atoms with Gasteiger partial charge < -0.3 is 4.74 Å². The third-order valence-corrected chi connectivity index (χ3v) is 2.07. The minimum absolute atomic E-state index is 0.0829. The summed E-state index contributed by atoms with van der Waals surface area (Å²) < 4.78 is 5.57. The zero-order valence-electron chi connectivity index (χ0n) is 5.98. The molecule has 1 aliphatic heterocycles. The molecule has 1 rings (SSSR count). The van der Waals surface area contributed by atoms with Gasteiger partial charge in [0, 0.05) is 5.88 Å². The number of rotatable bonds is 1. The molecule has 9 heavy (non-hydrogen) atoms. The van der Waals surface area contributed by atoms with Crippen LogP contribution < -0.4 is 0 Å². The second-order valence-electron chi connectivity index (χ2n) is 3.19. The zero-order chi connectivity index (χ0) is 6.91. The quantitative estimate of drug-likeness (QED) is 0.518. The maximum absolute atomic E-state index is 5.61. The number of ether oxygens (including phenoxy) is 1. The standard InChI is InChI=1S/C7H13ClO/c1-7(2)4-3-6(5-8)9-7/h6H,3-5H2,1-2H3/t6-/m1/s1. The van der Waals surface area contributed by atoms with Gasteiger partial charge in [-0.15, -0.1) is 11.6 Å². The second kappa shape index (κ2) is 2.47. The van der Waals surface area contributed by atoms with E-state index in [0.717, 1.165) is 12.8 Å². The zero-order valence-corrected chi connectivity index (χ0v) is 6.74. The lowest BCUT2D eigenvalue weighted by molar-refractivity contribution is -0.00522. The Hall–Kier alpha value is 0.250. The highest BCUT2D eigenvalue weighted by atomic mass is 35.5. The van der Waals surface area contributed by atoms with Crippen LogP contribution in [0.2, 0.25) is 0 Å². The van der Waals surface area contributed by atoms with Gasteiger partial charge in [-0.3, -0.25) is 0 Å². The average molecular weight is 149 g/mol. The van der Waals surface area contributed by atoms with E-state index in [2.05, 4.69) is 13.8 Å². The molecule has 1 saturated heterocycles. The van der Waals surface area contributed by atoms with E-state index in [-0.39, 0.29) is 5.60 Å². The highest BCUT2D eigenvalue weighted by Crippen LogP contribution is 2.29. The predicted molar refractivity (Wildman–Crippen MR) is 38.9 cm³/mol. The highest BCUT2D eigenvalue weighted by molar-refractivity contribution is 6.18. The van der Waals surface area contributed by atoms with Gasteiger partial charge in [-0.05, 0) is 26.7 Å². The summed E-state index contributed by atoms with van der Waals surface area (Å²) in [4.78, 5) is 0. The predicted octanol–water partition coefficient (Wildman–Crippen LogP) is 2.18. The average Bonchev–Trinajstić information content (AvgIpc) is 2.10. The third-order valence-electron chi connectivity index (χ3n) is 1.73. The van der Waals surface area contributed by atoms with Crippen molar-refractivity contribution in [1.29, 1.82) is 0 Å². The fourth-order valence-electron chi connectivity index (χ4n) is 1.19. The van der Waals surface area contributed by atoms with E-state index in [1.807, 2.05) is 0 Å². The molecule has 0 bridgehead atoms. The minimum Gasteiger partial charge on any atom is -0.371 e. The Morgan fingerprint density at radius 1 is 1.67 bits per heavy atom. The summed E-state index contributed by atoms with van der Waals surface area (Å²) in [5.41, 5.74) is 0.0829. The molecule has 0 saturated carbocycles. The van der Waals surface area contributed by atoms with Crippen molar-refractivity contribution < 1.29 is 4.74 Å². The summed E-state index contributed by atoms with van der Waals surface area (Å²) in [5.74, 6) is 0.642. The number of hydrogen-bond acceptors (Lipinski definition) is 1. The van der Waals surface area contributed by atoms with Gasteiger partial charge in [0.05, 0.1) is 11.7 Å². The Morgan fingerprint density at radius 3 is 2.56 bits per heavy atom. The number of hydrogen-bond donors (Lipinski definition) is 0. The van der Waals surface area contributed by atoms with Crippen LogP contribution in [0.4, 0.5) is 0 Å². The van der Waals surface area contributed by atoms with Gasteiger partial charge in [-0.1, -0.05) is 0 Å². The van der Waals surface area contributed by atoms with E-state index in [4.69, 9.17) is 16.3 Å². The molecule has 0 aliphatic carbocycles. The van der Waals surface area contributed by atoms with Crippen LogP contribution in [0.5, 0.6) is 0 Å². The highest BCUT2D eigenvalue weighted by Gasteiger charge is 2.30. The number of alkyl halides is 1. The monoisotopic (exact) mass is 148 g/mol. The molecule has 1 heterocycles. The molecule has 0 radical (unpaired) electrons. The molecule has 0 N–H and O–H groups in total. The van der Waals surface area contributed by atoms with Gasteiger partial charge >= 0.3 is 0 Å². The van der Waals surface area contributed by atoms with Gasteiger partial charge in [-0.25, -0.2) is 0 Å². The lowest BCUT2D eigenvalue weighted by Crippen LogP contribution is -2.20. The van der Waals surface area contributed by atoms with Gasteiger partial charge in [0.25, 0.3) is 0 Å². The maximum atomic E-state index is 5.61. The molecular weight excluding hydrogens is 136 g/mol. The van der Waals surface area contributed by atoms with Crippen LogP contribution in [0.15, 0.2) is 0 Å². The summed E-state index contributed by atoms with van der Waals surface area (Å²) in [6, 6.07) is 0. The molecule has 1 nitrogen and oxygen atoms in total. The van der Waals surface area contributed by atoms with E-state index >= 15 is 0 Å². The van der Waals surface area contributed by atoms with Gasteiger partial charge in [0.1, 0.15) is 0 Å². The Labute approximate surface area is 61.3 Å². The van der Waals surface area contributed by atoms with Crippen LogP contribution >= 0.6 is 11.6 Å². The van der Waals surface area contributed by atoms with Crippen LogP contribution in [-0.2, 0) is 4.74 Å².